The zero-order valence-electron chi connectivity index (χ0n) is 13.3. The molecule has 2 atom stereocenters. The molecule has 2 rings (SSSR count). The largest absolute Gasteiger partial charge is 0.316 e. The lowest BCUT2D eigenvalue weighted by atomic mass is 9.77. The minimum Gasteiger partial charge on any atom is -0.316 e. The smallest absolute Gasteiger partial charge is 0.0136 e. The highest BCUT2D eigenvalue weighted by atomic mass is 15.2. The Labute approximate surface area is 120 Å². The second-order valence-corrected chi connectivity index (χ2v) is 7.27. The number of nitrogens with one attached hydrogen (secondary N) is 1. The van der Waals surface area contributed by atoms with E-state index in [1.807, 2.05) is 0 Å². The topological polar surface area (TPSA) is 15.3 Å². The molecular formula is C17H34N2. The molecule has 0 bridgehead atoms. The third-order valence-corrected chi connectivity index (χ3v) is 5.26. The van der Waals surface area contributed by atoms with Gasteiger partial charge in [0, 0.05) is 12.1 Å². The summed E-state index contributed by atoms with van der Waals surface area (Å²) in [6, 6.07) is 1.74. The molecule has 0 amide bonds. The zero-order valence-corrected chi connectivity index (χ0v) is 13.3. The van der Waals surface area contributed by atoms with Gasteiger partial charge in [-0.2, -0.15) is 0 Å². The van der Waals surface area contributed by atoms with Gasteiger partial charge in [-0.15, -0.1) is 0 Å². The number of hydrogen-bond donors (Lipinski definition) is 1. The summed E-state index contributed by atoms with van der Waals surface area (Å²) >= 11 is 0. The molecule has 2 unspecified atom stereocenters. The molecule has 2 fully saturated rings. The van der Waals surface area contributed by atoms with Gasteiger partial charge in [0.15, 0.2) is 0 Å². The van der Waals surface area contributed by atoms with Crippen LogP contribution in [0, 0.1) is 11.8 Å². The Morgan fingerprint density at radius 2 is 1.68 bits per heavy atom. The number of rotatable bonds is 6. The van der Waals surface area contributed by atoms with Crippen LogP contribution in [0.25, 0.3) is 0 Å². The Morgan fingerprint density at radius 1 is 1.00 bits per heavy atom. The van der Waals surface area contributed by atoms with Crippen molar-refractivity contribution < 1.29 is 0 Å². The predicted octanol–water partition coefficient (Wildman–Crippen LogP) is 3.67. The van der Waals surface area contributed by atoms with Crippen molar-refractivity contribution in [1.82, 2.24) is 10.2 Å². The molecule has 2 aliphatic rings. The fourth-order valence-corrected chi connectivity index (χ4v) is 3.82. The minimum atomic E-state index is 0.776. The fourth-order valence-electron chi connectivity index (χ4n) is 3.82. The Bertz CT molecular complexity index is 244. The van der Waals surface area contributed by atoms with Crippen molar-refractivity contribution in [2.24, 2.45) is 11.8 Å². The first-order chi connectivity index (χ1) is 9.18. The zero-order chi connectivity index (χ0) is 13.7. The Hall–Kier alpha value is -0.0800. The van der Waals surface area contributed by atoms with Crippen LogP contribution in [0.15, 0.2) is 0 Å². The Morgan fingerprint density at radius 3 is 2.21 bits per heavy atom. The van der Waals surface area contributed by atoms with E-state index in [1.54, 1.807) is 0 Å². The van der Waals surface area contributed by atoms with E-state index in [4.69, 9.17) is 0 Å². The SMILES string of the molecule is CC(C)CNCC1CCC1N(C)C1CCCCCC1. The first-order valence-electron chi connectivity index (χ1n) is 8.61. The van der Waals surface area contributed by atoms with Crippen LogP contribution in [-0.2, 0) is 0 Å². The van der Waals surface area contributed by atoms with Crippen LogP contribution in [0.2, 0.25) is 0 Å². The van der Waals surface area contributed by atoms with Gasteiger partial charge >= 0.3 is 0 Å². The van der Waals surface area contributed by atoms with Crippen molar-refractivity contribution in [3.63, 3.8) is 0 Å². The molecule has 0 heterocycles. The highest BCUT2D eigenvalue weighted by Gasteiger charge is 2.36. The molecule has 0 saturated heterocycles. The van der Waals surface area contributed by atoms with E-state index >= 15 is 0 Å². The monoisotopic (exact) mass is 266 g/mol. The number of nitrogens with zero attached hydrogens (tertiary/aromatic N) is 1. The first-order valence-corrected chi connectivity index (χ1v) is 8.61. The summed E-state index contributed by atoms with van der Waals surface area (Å²) < 4.78 is 0. The molecule has 1 N–H and O–H groups in total. The molecule has 2 nitrogen and oxygen atoms in total. The lowest BCUT2D eigenvalue weighted by Gasteiger charge is -2.46. The molecule has 19 heavy (non-hydrogen) atoms. The molecular weight excluding hydrogens is 232 g/mol. The number of hydrogen-bond acceptors (Lipinski definition) is 2. The second-order valence-electron chi connectivity index (χ2n) is 7.27. The van der Waals surface area contributed by atoms with E-state index < -0.39 is 0 Å². The first kappa shape index (κ1) is 15.3. The van der Waals surface area contributed by atoms with Crippen LogP contribution in [0.5, 0.6) is 0 Å². The summed E-state index contributed by atoms with van der Waals surface area (Å²) in [5.74, 6) is 1.69. The van der Waals surface area contributed by atoms with Crippen LogP contribution in [0.1, 0.15) is 65.2 Å². The lowest BCUT2D eigenvalue weighted by molar-refractivity contribution is 0.0438. The highest BCUT2D eigenvalue weighted by Crippen LogP contribution is 2.34. The summed E-state index contributed by atoms with van der Waals surface area (Å²) in [7, 11) is 2.40. The van der Waals surface area contributed by atoms with E-state index in [9.17, 15) is 0 Å². The average Bonchev–Trinajstić information content (AvgIpc) is 2.61. The maximum absolute atomic E-state index is 3.66. The van der Waals surface area contributed by atoms with E-state index in [0.29, 0.717) is 0 Å². The van der Waals surface area contributed by atoms with Gasteiger partial charge in [0.25, 0.3) is 0 Å². The van der Waals surface area contributed by atoms with E-state index in [0.717, 1.165) is 23.9 Å². The maximum atomic E-state index is 3.66. The molecule has 2 saturated carbocycles. The normalized spacial score (nSPS) is 29.5. The summed E-state index contributed by atoms with van der Waals surface area (Å²) in [5.41, 5.74) is 0. The minimum absolute atomic E-state index is 0.776. The van der Waals surface area contributed by atoms with Crippen molar-refractivity contribution in [2.75, 3.05) is 20.1 Å². The predicted molar refractivity (Wildman–Crippen MR) is 83.5 cm³/mol. The van der Waals surface area contributed by atoms with Gasteiger partial charge in [-0.1, -0.05) is 39.5 Å². The van der Waals surface area contributed by atoms with Gasteiger partial charge in [0.2, 0.25) is 0 Å². The maximum Gasteiger partial charge on any atom is 0.0136 e. The quantitative estimate of drug-likeness (QED) is 0.738. The second kappa shape index (κ2) is 7.64. The van der Waals surface area contributed by atoms with Gasteiger partial charge in [-0.05, 0) is 57.7 Å². The summed E-state index contributed by atoms with van der Waals surface area (Å²) in [6.07, 6.45) is 11.6. The van der Waals surface area contributed by atoms with Crippen LogP contribution >= 0.6 is 0 Å². The molecule has 0 radical (unpaired) electrons. The van der Waals surface area contributed by atoms with Gasteiger partial charge < -0.3 is 10.2 Å². The highest BCUT2D eigenvalue weighted by molar-refractivity contribution is 4.91. The van der Waals surface area contributed by atoms with Gasteiger partial charge in [-0.25, -0.2) is 0 Å². The van der Waals surface area contributed by atoms with Crippen LogP contribution < -0.4 is 5.32 Å². The molecule has 2 heteroatoms. The standard InChI is InChI=1S/C17H34N2/c1-14(2)12-18-13-15-10-11-17(15)19(3)16-8-6-4-5-7-9-16/h14-18H,4-13H2,1-3H3. The van der Waals surface area contributed by atoms with Crippen LogP contribution in [0.4, 0.5) is 0 Å². The van der Waals surface area contributed by atoms with Crippen LogP contribution in [0.3, 0.4) is 0 Å². The third kappa shape index (κ3) is 4.46. The average molecular weight is 266 g/mol. The molecule has 0 aromatic carbocycles. The van der Waals surface area contributed by atoms with Crippen molar-refractivity contribution in [3.8, 4) is 0 Å². The van der Waals surface area contributed by atoms with Gasteiger partial charge in [-0.3, -0.25) is 0 Å². The van der Waals surface area contributed by atoms with E-state index in [1.165, 1.54) is 64.5 Å². The Balaban J connectivity index is 1.73. The third-order valence-electron chi connectivity index (χ3n) is 5.26. The van der Waals surface area contributed by atoms with Crippen molar-refractivity contribution in [1.29, 1.82) is 0 Å². The Kier molecular flexibility index (Phi) is 6.15. The summed E-state index contributed by atoms with van der Waals surface area (Å²) in [6.45, 7) is 7.00. The molecule has 0 aromatic heterocycles. The molecule has 112 valence electrons. The van der Waals surface area contributed by atoms with Crippen LogP contribution in [-0.4, -0.2) is 37.1 Å². The van der Waals surface area contributed by atoms with E-state index in [-0.39, 0.29) is 0 Å². The van der Waals surface area contributed by atoms with Crippen molar-refractivity contribution in [2.45, 2.75) is 77.3 Å². The van der Waals surface area contributed by atoms with Gasteiger partial charge in [0.05, 0.1) is 0 Å². The van der Waals surface area contributed by atoms with Crippen molar-refractivity contribution >= 4 is 0 Å². The fraction of sp³-hybridized carbons (Fsp3) is 1.00. The van der Waals surface area contributed by atoms with Gasteiger partial charge in [0.1, 0.15) is 0 Å². The summed E-state index contributed by atoms with van der Waals surface area (Å²) in [4.78, 5) is 2.75. The molecule has 0 aliphatic heterocycles. The lowest BCUT2D eigenvalue weighted by Crippen LogP contribution is -2.52. The van der Waals surface area contributed by atoms with Crippen molar-refractivity contribution in [3.05, 3.63) is 0 Å². The molecule has 0 spiro atoms. The molecule has 0 aromatic rings. The molecule has 2 aliphatic carbocycles. The summed E-state index contributed by atoms with van der Waals surface area (Å²) in [5, 5.41) is 3.66. The van der Waals surface area contributed by atoms with E-state index in [2.05, 4.69) is 31.1 Å².